The summed E-state index contributed by atoms with van der Waals surface area (Å²) in [5.74, 6) is 2.61. The second kappa shape index (κ2) is 9.92. The van der Waals surface area contributed by atoms with Crippen LogP contribution in [0.25, 0.3) is 0 Å². The number of nitrogens with one attached hydrogen (secondary N) is 1. The molecule has 194 valence electrons. The minimum Gasteiger partial charge on any atom is -0.484 e. The van der Waals surface area contributed by atoms with Crippen LogP contribution in [-0.4, -0.2) is 47.9 Å². The molecule has 1 unspecified atom stereocenters. The van der Waals surface area contributed by atoms with Gasteiger partial charge in [-0.25, -0.2) is 9.78 Å². The molecule has 7 heteroatoms. The van der Waals surface area contributed by atoms with Crippen molar-refractivity contribution in [3.8, 4) is 5.75 Å². The molecule has 2 saturated heterocycles. The van der Waals surface area contributed by atoms with Gasteiger partial charge in [0.05, 0.1) is 5.69 Å². The third-order valence-electron chi connectivity index (χ3n) is 7.60. The Morgan fingerprint density at radius 1 is 1.08 bits per heavy atom. The molecule has 0 spiro atoms. The quantitative estimate of drug-likeness (QED) is 0.508. The number of benzene rings is 1. The molecule has 1 N–H and O–H groups in total. The lowest BCUT2D eigenvalue weighted by Gasteiger charge is -2.34. The van der Waals surface area contributed by atoms with Crippen molar-refractivity contribution in [1.29, 1.82) is 0 Å². The average molecular weight is 494 g/mol. The number of fused-ring (bicyclic) bond motifs is 2. The van der Waals surface area contributed by atoms with Gasteiger partial charge in [-0.3, -0.25) is 0 Å². The predicted molar refractivity (Wildman–Crippen MR) is 140 cm³/mol. The van der Waals surface area contributed by atoms with Gasteiger partial charge in [0.2, 0.25) is 0 Å². The molecule has 0 aliphatic carbocycles. The Bertz CT molecular complexity index is 1110. The van der Waals surface area contributed by atoms with Gasteiger partial charge < -0.3 is 24.4 Å². The molecular formula is C29H39N3O4. The molecule has 7 nitrogen and oxygen atoms in total. The van der Waals surface area contributed by atoms with Gasteiger partial charge >= 0.3 is 6.09 Å². The molecule has 5 rings (SSSR count). The van der Waals surface area contributed by atoms with E-state index in [4.69, 9.17) is 19.2 Å². The van der Waals surface area contributed by atoms with Crippen molar-refractivity contribution in [2.75, 3.05) is 31.6 Å². The van der Waals surface area contributed by atoms with Crippen LogP contribution in [0.15, 0.2) is 24.4 Å². The number of carbonyl (C=O) groups is 1. The highest BCUT2D eigenvalue weighted by Gasteiger charge is 2.31. The fourth-order valence-corrected chi connectivity index (χ4v) is 5.79. The third kappa shape index (κ3) is 5.17. The SMILES string of the molecule is Cc1cc2c(cc1C1CCN(C(=O)OC(C)(C)C)CC1)Nc1nccc(C3CCOCC3)c1C(C)O2. The predicted octanol–water partition coefficient (Wildman–Crippen LogP) is 6.60. The van der Waals surface area contributed by atoms with Crippen LogP contribution in [0.2, 0.25) is 0 Å². The summed E-state index contributed by atoms with van der Waals surface area (Å²) in [7, 11) is 0. The molecule has 0 saturated carbocycles. The number of ether oxygens (including phenoxy) is 3. The largest absolute Gasteiger partial charge is 0.484 e. The summed E-state index contributed by atoms with van der Waals surface area (Å²) in [4.78, 5) is 19.1. The lowest BCUT2D eigenvalue weighted by molar-refractivity contribution is 0.0205. The summed E-state index contributed by atoms with van der Waals surface area (Å²) in [6, 6.07) is 6.55. The molecule has 4 heterocycles. The highest BCUT2D eigenvalue weighted by Crippen LogP contribution is 2.45. The van der Waals surface area contributed by atoms with Crippen LogP contribution >= 0.6 is 0 Å². The molecule has 36 heavy (non-hydrogen) atoms. The van der Waals surface area contributed by atoms with Crippen LogP contribution in [0.1, 0.15) is 93.6 Å². The van der Waals surface area contributed by atoms with Crippen LogP contribution in [-0.2, 0) is 9.47 Å². The zero-order valence-electron chi connectivity index (χ0n) is 22.2. The number of pyridine rings is 1. The van der Waals surface area contributed by atoms with E-state index in [-0.39, 0.29) is 12.2 Å². The van der Waals surface area contributed by atoms with Crippen molar-refractivity contribution in [1.82, 2.24) is 9.88 Å². The van der Waals surface area contributed by atoms with Gasteiger partial charge in [0.15, 0.2) is 0 Å². The van der Waals surface area contributed by atoms with Crippen molar-refractivity contribution in [2.24, 2.45) is 0 Å². The highest BCUT2D eigenvalue weighted by molar-refractivity contribution is 5.71. The molecule has 1 aromatic carbocycles. The Morgan fingerprint density at radius 3 is 2.47 bits per heavy atom. The number of carbonyl (C=O) groups excluding carboxylic acids is 1. The van der Waals surface area contributed by atoms with Gasteiger partial charge in [-0.05, 0) is 107 Å². The maximum absolute atomic E-state index is 12.5. The molecule has 3 aliphatic rings. The van der Waals surface area contributed by atoms with Crippen LogP contribution in [0.4, 0.5) is 16.3 Å². The lowest BCUT2D eigenvalue weighted by Crippen LogP contribution is -2.41. The van der Waals surface area contributed by atoms with Crippen molar-refractivity contribution < 1.29 is 19.0 Å². The first-order chi connectivity index (χ1) is 17.2. The van der Waals surface area contributed by atoms with E-state index < -0.39 is 5.60 Å². The number of likely N-dealkylation sites (tertiary alicyclic amines) is 1. The monoisotopic (exact) mass is 493 g/mol. The maximum atomic E-state index is 12.5. The molecule has 1 amide bonds. The van der Waals surface area contributed by atoms with E-state index in [0.29, 0.717) is 24.9 Å². The third-order valence-corrected chi connectivity index (χ3v) is 7.60. The van der Waals surface area contributed by atoms with E-state index in [1.54, 1.807) is 0 Å². The number of nitrogens with zero attached hydrogens (tertiary/aromatic N) is 2. The van der Waals surface area contributed by atoms with E-state index >= 15 is 0 Å². The van der Waals surface area contributed by atoms with Crippen molar-refractivity contribution in [3.63, 3.8) is 0 Å². The van der Waals surface area contributed by atoms with Crippen LogP contribution in [0.3, 0.4) is 0 Å². The zero-order chi connectivity index (χ0) is 25.4. The van der Waals surface area contributed by atoms with Gasteiger partial charge in [0.25, 0.3) is 0 Å². The minimum atomic E-state index is -0.473. The highest BCUT2D eigenvalue weighted by atomic mass is 16.6. The van der Waals surface area contributed by atoms with Crippen LogP contribution in [0.5, 0.6) is 5.75 Å². The minimum absolute atomic E-state index is 0.0948. The van der Waals surface area contributed by atoms with E-state index in [9.17, 15) is 4.79 Å². The van der Waals surface area contributed by atoms with E-state index in [0.717, 1.165) is 61.7 Å². The Hall–Kier alpha value is -2.80. The molecule has 0 radical (unpaired) electrons. The lowest BCUT2D eigenvalue weighted by atomic mass is 9.86. The Kier molecular flexibility index (Phi) is 6.86. The number of hydrogen-bond donors (Lipinski definition) is 1. The summed E-state index contributed by atoms with van der Waals surface area (Å²) in [6.45, 7) is 13.0. The smallest absolute Gasteiger partial charge is 0.410 e. The van der Waals surface area contributed by atoms with Gasteiger partial charge in [-0.15, -0.1) is 0 Å². The summed E-state index contributed by atoms with van der Waals surface area (Å²) in [5, 5.41) is 3.62. The molecule has 1 atom stereocenters. The number of hydrogen-bond acceptors (Lipinski definition) is 6. The van der Waals surface area contributed by atoms with Crippen LogP contribution < -0.4 is 10.1 Å². The van der Waals surface area contributed by atoms with E-state index in [1.165, 1.54) is 16.7 Å². The van der Waals surface area contributed by atoms with Gasteiger partial charge in [-0.1, -0.05) is 0 Å². The Morgan fingerprint density at radius 2 is 1.78 bits per heavy atom. The second-order valence-corrected chi connectivity index (χ2v) is 11.4. The molecule has 0 bridgehead atoms. The molecular weight excluding hydrogens is 454 g/mol. The number of piperidine rings is 1. The van der Waals surface area contributed by atoms with Gasteiger partial charge in [0.1, 0.15) is 23.3 Å². The van der Waals surface area contributed by atoms with Crippen LogP contribution in [0, 0.1) is 6.92 Å². The first-order valence-corrected chi connectivity index (χ1v) is 13.3. The fourth-order valence-electron chi connectivity index (χ4n) is 5.79. The Labute approximate surface area is 214 Å². The van der Waals surface area contributed by atoms with Crippen molar-refractivity contribution in [2.45, 2.75) is 83.8 Å². The standard InChI is InChI=1S/C29H39N3O4/c1-18-16-25-24(17-23(18)20-7-12-32(13-8-20)28(33)36-29(3,4)5)31-27-26(19(2)35-25)22(6-11-30-27)21-9-14-34-15-10-21/h6,11,16-17,19-21H,7-10,12-15H2,1-5H3,(H,30,31). The second-order valence-electron chi connectivity index (χ2n) is 11.4. The van der Waals surface area contributed by atoms with E-state index in [2.05, 4.69) is 37.4 Å². The first kappa shape index (κ1) is 24.9. The molecule has 1 aromatic heterocycles. The van der Waals surface area contributed by atoms with Gasteiger partial charge in [0, 0.05) is 38.1 Å². The fraction of sp³-hybridized carbons (Fsp3) is 0.586. The summed E-state index contributed by atoms with van der Waals surface area (Å²) >= 11 is 0. The summed E-state index contributed by atoms with van der Waals surface area (Å²) in [5.41, 5.74) is 5.51. The van der Waals surface area contributed by atoms with E-state index in [1.807, 2.05) is 31.9 Å². The average Bonchev–Trinajstić information content (AvgIpc) is 2.98. The number of aryl methyl sites for hydroxylation is 1. The first-order valence-electron chi connectivity index (χ1n) is 13.3. The summed E-state index contributed by atoms with van der Waals surface area (Å²) < 4.78 is 17.7. The number of anilines is 2. The summed E-state index contributed by atoms with van der Waals surface area (Å²) in [6.07, 6.45) is 5.49. The number of amides is 1. The molecule has 2 fully saturated rings. The maximum Gasteiger partial charge on any atom is 0.410 e. The Balaban J connectivity index is 1.37. The normalized spacial score (nSPS) is 21.0. The van der Waals surface area contributed by atoms with Crippen molar-refractivity contribution >= 4 is 17.6 Å². The van der Waals surface area contributed by atoms with Gasteiger partial charge in [-0.2, -0.15) is 0 Å². The topological polar surface area (TPSA) is 72.9 Å². The molecule has 3 aliphatic heterocycles. The molecule has 2 aromatic rings. The number of rotatable bonds is 2. The zero-order valence-corrected chi connectivity index (χ0v) is 22.2. The number of aromatic nitrogens is 1. The van der Waals surface area contributed by atoms with Crippen molar-refractivity contribution in [3.05, 3.63) is 46.6 Å².